The standard InChI is InChI=1S/C12H18ClNOS/c1-3-15-11-5-10(6-11)14-8(2)9-4-12(13)16-7-9/h4,7-8,10-11,14H,3,5-6H2,1-2H3. The van der Waals surface area contributed by atoms with E-state index in [9.17, 15) is 0 Å². The van der Waals surface area contributed by atoms with Gasteiger partial charge in [-0.2, -0.15) is 0 Å². The fraction of sp³-hybridized carbons (Fsp3) is 0.667. The fourth-order valence-electron chi connectivity index (χ4n) is 2.07. The fourth-order valence-corrected chi connectivity index (χ4v) is 3.06. The van der Waals surface area contributed by atoms with Gasteiger partial charge in [0.15, 0.2) is 0 Å². The molecule has 0 aliphatic heterocycles. The third kappa shape index (κ3) is 2.98. The van der Waals surface area contributed by atoms with Crippen molar-refractivity contribution in [3.05, 3.63) is 21.3 Å². The summed E-state index contributed by atoms with van der Waals surface area (Å²) < 4.78 is 6.41. The lowest BCUT2D eigenvalue weighted by molar-refractivity contribution is -0.0120. The highest BCUT2D eigenvalue weighted by Gasteiger charge is 2.30. The van der Waals surface area contributed by atoms with Gasteiger partial charge in [0.25, 0.3) is 0 Å². The number of nitrogens with one attached hydrogen (secondary N) is 1. The van der Waals surface area contributed by atoms with E-state index in [2.05, 4.69) is 24.5 Å². The van der Waals surface area contributed by atoms with Crippen LogP contribution in [-0.4, -0.2) is 18.8 Å². The summed E-state index contributed by atoms with van der Waals surface area (Å²) >= 11 is 7.52. The summed E-state index contributed by atoms with van der Waals surface area (Å²) in [6, 6.07) is 3.03. The van der Waals surface area contributed by atoms with Crippen molar-refractivity contribution < 1.29 is 4.74 Å². The molecular weight excluding hydrogens is 242 g/mol. The molecule has 1 atom stereocenters. The van der Waals surface area contributed by atoms with Crippen LogP contribution in [0.4, 0.5) is 0 Å². The topological polar surface area (TPSA) is 21.3 Å². The highest BCUT2D eigenvalue weighted by Crippen LogP contribution is 2.29. The molecule has 1 heterocycles. The molecular formula is C12H18ClNOS. The molecule has 0 radical (unpaired) electrons. The Labute approximate surface area is 106 Å². The van der Waals surface area contributed by atoms with E-state index >= 15 is 0 Å². The molecule has 1 fully saturated rings. The molecule has 1 aromatic rings. The van der Waals surface area contributed by atoms with Gasteiger partial charge in [0.05, 0.1) is 10.4 Å². The SMILES string of the molecule is CCOC1CC(NC(C)c2csc(Cl)c2)C1. The van der Waals surface area contributed by atoms with E-state index < -0.39 is 0 Å². The van der Waals surface area contributed by atoms with E-state index in [1.54, 1.807) is 11.3 Å². The highest BCUT2D eigenvalue weighted by atomic mass is 35.5. The largest absolute Gasteiger partial charge is 0.378 e. The molecule has 2 nitrogen and oxygen atoms in total. The molecule has 4 heteroatoms. The number of ether oxygens (including phenoxy) is 1. The molecule has 1 aromatic heterocycles. The van der Waals surface area contributed by atoms with Gasteiger partial charge in [0.1, 0.15) is 0 Å². The summed E-state index contributed by atoms with van der Waals surface area (Å²) in [5.74, 6) is 0. The number of rotatable bonds is 5. The minimum absolute atomic E-state index is 0.385. The van der Waals surface area contributed by atoms with Crippen molar-refractivity contribution in [1.82, 2.24) is 5.32 Å². The van der Waals surface area contributed by atoms with Crippen LogP contribution in [0.15, 0.2) is 11.4 Å². The normalized spacial score (nSPS) is 26.4. The zero-order valence-corrected chi connectivity index (χ0v) is 11.3. The van der Waals surface area contributed by atoms with Crippen LogP contribution in [0.3, 0.4) is 0 Å². The van der Waals surface area contributed by atoms with Gasteiger partial charge >= 0.3 is 0 Å². The lowest BCUT2D eigenvalue weighted by Gasteiger charge is -2.37. The van der Waals surface area contributed by atoms with E-state index in [1.165, 1.54) is 5.56 Å². The molecule has 0 saturated heterocycles. The van der Waals surface area contributed by atoms with Crippen molar-refractivity contribution in [3.63, 3.8) is 0 Å². The molecule has 1 aliphatic rings. The summed E-state index contributed by atoms with van der Waals surface area (Å²) in [5, 5.41) is 5.73. The van der Waals surface area contributed by atoms with Crippen LogP contribution in [0, 0.1) is 0 Å². The summed E-state index contributed by atoms with van der Waals surface area (Å²) in [6.07, 6.45) is 2.74. The van der Waals surface area contributed by atoms with Crippen LogP contribution >= 0.6 is 22.9 Å². The van der Waals surface area contributed by atoms with Crippen LogP contribution in [0.25, 0.3) is 0 Å². The Morgan fingerprint density at radius 2 is 2.38 bits per heavy atom. The van der Waals surface area contributed by atoms with Crippen LogP contribution in [0.2, 0.25) is 4.34 Å². The van der Waals surface area contributed by atoms with E-state index in [0.717, 1.165) is 23.8 Å². The smallest absolute Gasteiger partial charge is 0.0931 e. The van der Waals surface area contributed by atoms with E-state index in [0.29, 0.717) is 18.2 Å². The molecule has 0 amide bonds. The number of hydrogen-bond donors (Lipinski definition) is 1. The van der Waals surface area contributed by atoms with Crippen molar-refractivity contribution in [2.24, 2.45) is 0 Å². The Morgan fingerprint density at radius 1 is 1.62 bits per heavy atom. The minimum Gasteiger partial charge on any atom is -0.378 e. The van der Waals surface area contributed by atoms with Crippen LogP contribution in [0.5, 0.6) is 0 Å². The molecule has 16 heavy (non-hydrogen) atoms. The summed E-state index contributed by atoms with van der Waals surface area (Å²) in [4.78, 5) is 0. The van der Waals surface area contributed by atoms with Crippen molar-refractivity contribution in [2.75, 3.05) is 6.61 Å². The summed E-state index contributed by atoms with van der Waals surface area (Å²) in [6.45, 7) is 5.07. The first-order valence-electron chi connectivity index (χ1n) is 5.80. The number of halogens is 1. The average Bonchev–Trinajstić information content (AvgIpc) is 2.61. The Balaban J connectivity index is 1.75. The Morgan fingerprint density at radius 3 is 2.94 bits per heavy atom. The maximum atomic E-state index is 5.92. The van der Waals surface area contributed by atoms with Crippen LogP contribution < -0.4 is 5.32 Å². The highest BCUT2D eigenvalue weighted by molar-refractivity contribution is 7.14. The molecule has 1 saturated carbocycles. The molecule has 2 rings (SSSR count). The molecule has 1 aliphatic carbocycles. The predicted octanol–water partition coefficient (Wildman–Crippen LogP) is 3.62. The molecule has 90 valence electrons. The van der Waals surface area contributed by atoms with Gasteiger partial charge in [-0.15, -0.1) is 11.3 Å². The van der Waals surface area contributed by atoms with Crippen LogP contribution in [-0.2, 0) is 4.74 Å². The number of thiophene rings is 1. The van der Waals surface area contributed by atoms with Gasteiger partial charge in [0.2, 0.25) is 0 Å². The molecule has 1 N–H and O–H groups in total. The van der Waals surface area contributed by atoms with Gasteiger partial charge in [-0.05, 0) is 43.7 Å². The monoisotopic (exact) mass is 259 g/mol. The first-order chi connectivity index (χ1) is 7.69. The van der Waals surface area contributed by atoms with Gasteiger partial charge in [0, 0.05) is 18.7 Å². The second kappa shape index (κ2) is 5.50. The molecule has 1 unspecified atom stereocenters. The molecule has 0 aromatic carbocycles. The summed E-state index contributed by atoms with van der Waals surface area (Å²) in [7, 11) is 0. The third-order valence-corrected chi connectivity index (χ3v) is 4.18. The maximum Gasteiger partial charge on any atom is 0.0931 e. The Hall–Kier alpha value is -0.0900. The predicted molar refractivity (Wildman–Crippen MR) is 69.3 cm³/mol. The third-order valence-electron chi connectivity index (χ3n) is 3.07. The lowest BCUT2D eigenvalue weighted by atomic mass is 9.88. The molecule has 0 spiro atoms. The molecule has 0 bridgehead atoms. The van der Waals surface area contributed by atoms with E-state index in [-0.39, 0.29) is 0 Å². The van der Waals surface area contributed by atoms with Crippen molar-refractivity contribution in [1.29, 1.82) is 0 Å². The van der Waals surface area contributed by atoms with E-state index in [4.69, 9.17) is 16.3 Å². The average molecular weight is 260 g/mol. The first-order valence-corrected chi connectivity index (χ1v) is 7.06. The van der Waals surface area contributed by atoms with Gasteiger partial charge in [-0.25, -0.2) is 0 Å². The van der Waals surface area contributed by atoms with Crippen molar-refractivity contribution in [3.8, 4) is 0 Å². The zero-order chi connectivity index (χ0) is 11.5. The van der Waals surface area contributed by atoms with Gasteiger partial charge < -0.3 is 10.1 Å². The van der Waals surface area contributed by atoms with Gasteiger partial charge in [-0.1, -0.05) is 11.6 Å². The number of hydrogen-bond acceptors (Lipinski definition) is 3. The lowest BCUT2D eigenvalue weighted by Crippen LogP contribution is -2.46. The first kappa shape index (κ1) is 12.4. The second-order valence-electron chi connectivity index (χ2n) is 4.32. The van der Waals surface area contributed by atoms with Crippen LogP contribution in [0.1, 0.15) is 38.3 Å². The second-order valence-corrected chi connectivity index (χ2v) is 5.86. The van der Waals surface area contributed by atoms with Crippen molar-refractivity contribution in [2.45, 2.75) is 44.9 Å². The Bertz CT molecular complexity index is 336. The summed E-state index contributed by atoms with van der Waals surface area (Å²) in [5.41, 5.74) is 1.29. The van der Waals surface area contributed by atoms with Gasteiger partial charge in [-0.3, -0.25) is 0 Å². The maximum absolute atomic E-state index is 5.92. The zero-order valence-electron chi connectivity index (χ0n) is 9.70. The van der Waals surface area contributed by atoms with E-state index in [1.807, 2.05) is 6.07 Å². The van der Waals surface area contributed by atoms with Crippen molar-refractivity contribution >= 4 is 22.9 Å². The quantitative estimate of drug-likeness (QED) is 0.872. The Kier molecular flexibility index (Phi) is 4.25. The minimum atomic E-state index is 0.385.